The molecule has 0 radical (unpaired) electrons. The average Bonchev–Trinajstić information content (AvgIpc) is 3.59. The van der Waals surface area contributed by atoms with Crippen LogP contribution in [0.15, 0.2) is 42.5 Å². The van der Waals surface area contributed by atoms with Crippen LogP contribution in [0.25, 0.3) is 0 Å². The molecule has 9 nitrogen and oxygen atoms in total. The fourth-order valence-corrected chi connectivity index (χ4v) is 10.5. The lowest BCUT2D eigenvalue weighted by atomic mass is 9.64. The van der Waals surface area contributed by atoms with Gasteiger partial charge in [0.15, 0.2) is 17.3 Å². The van der Waals surface area contributed by atoms with Crippen LogP contribution in [-0.4, -0.2) is 49.9 Å². The first-order chi connectivity index (χ1) is 31.8. The second-order valence-corrected chi connectivity index (χ2v) is 19.6. The number of likely N-dealkylation sites (tertiary alicyclic amines) is 1. The summed E-state index contributed by atoms with van der Waals surface area (Å²) >= 11 is 0. The van der Waals surface area contributed by atoms with Crippen LogP contribution in [0.1, 0.15) is 228 Å². The Hall–Kier alpha value is -3.43. The van der Waals surface area contributed by atoms with E-state index in [0.717, 1.165) is 70.1 Å². The summed E-state index contributed by atoms with van der Waals surface area (Å²) in [4.78, 5) is 55.1. The van der Waals surface area contributed by atoms with E-state index in [0.29, 0.717) is 42.7 Å². The topological polar surface area (TPSA) is 101 Å². The molecule has 0 aromatic heterocycles. The number of hydrogen-bond acceptors (Lipinski definition) is 9. The van der Waals surface area contributed by atoms with Crippen molar-refractivity contribution in [2.75, 3.05) is 27.3 Å². The molecular formula is C56H89NO8. The van der Waals surface area contributed by atoms with E-state index in [-0.39, 0.29) is 18.1 Å². The maximum Gasteiger partial charge on any atom is 0.350 e. The zero-order chi connectivity index (χ0) is 46.4. The highest BCUT2D eigenvalue weighted by atomic mass is 17.5. The lowest BCUT2D eigenvalue weighted by Gasteiger charge is -2.40. The van der Waals surface area contributed by atoms with Gasteiger partial charge in [-0.2, -0.15) is 0 Å². The molecule has 0 amide bonds. The first kappa shape index (κ1) is 54.2. The first-order valence-electron chi connectivity index (χ1n) is 26.5. The van der Waals surface area contributed by atoms with Gasteiger partial charge >= 0.3 is 11.9 Å². The van der Waals surface area contributed by atoms with E-state index in [2.05, 4.69) is 43.0 Å². The van der Waals surface area contributed by atoms with Gasteiger partial charge in [-0.25, -0.2) is 9.59 Å². The zero-order valence-electron chi connectivity index (χ0n) is 41.5. The molecule has 0 bridgehead atoms. The third-order valence-corrected chi connectivity index (χ3v) is 14.4. The Balaban J connectivity index is 1.37. The van der Waals surface area contributed by atoms with Crippen LogP contribution in [0.3, 0.4) is 0 Å². The molecule has 2 unspecified atom stereocenters. The maximum atomic E-state index is 15.1. The molecule has 4 rings (SSSR count). The highest BCUT2D eigenvalue weighted by Crippen LogP contribution is 2.52. The molecule has 1 fully saturated rings. The van der Waals surface area contributed by atoms with E-state index in [9.17, 15) is 9.59 Å². The van der Waals surface area contributed by atoms with Crippen molar-refractivity contribution in [1.82, 2.24) is 4.90 Å². The smallest absolute Gasteiger partial charge is 0.350 e. The number of unbranched alkanes of at least 4 members (excludes halogenated alkanes) is 23. The number of ether oxygens (including phenoxy) is 2. The summed E-state index contributed by atoms with van der Waals surface area (Å²) in [6.45, 7) is 7.25. The number of hydrogen-bond donors (Lipinski definition) is 0. The number of Topliss-reactive ketones (excluding diaryl/α,β-unsaturated/α-hetero) is 1. The number of carbonyl (C=O) groups excluding carboxylic acids is 3. The molecule has 1 aliphatic heterocycles. The van der Waals surface area contributed by atoms with Crippen molar-refractivity contribution in [1.29, 1.82) is 0 Å². The van der Waals surface area contributed by atoms with E-state index < -0.39 is 23.3 Å². The predicted molar refractivity (Wildman–Crippen MR) is 262 cm³/mol. The molecule has 9 heteroatoms. The Morgan fingerprint density at radius 2 is 1.14 bits per heavy atom. The van der Waals surface area contributed by atoms with E-state index in [1.807, 2.05) is 12.1 Å². The third-order valence-electron chi connectivity index (χ3n) is 14.4. The third kappa shape index (κ3) is 19.4. The molecular weight excluding hydrogens is 815 g/mol. The zero-order valence-corrected chi connectivity index (χ0v) is 41.5. The van der Waals surface area contributed by atoms with Crippen LogP contribution in [-0.2, 0) is 37.4 Å². The van der Waals surface area contributed by atoms with Crippen molar-refractivity contribution in [3.8, 4) is 11.5 Å². The van der Waals surface area contributed by atoms with Gasteiger partial charge in [0.2, 0.25) is 0 Å². The SMILES string of the molecule is CCCCCCCCCCCCCCCC(=O)OOOC(=O)C(CCCCCCCCCCCCCC)C1(CC2CCN(Cc3ccccc3)CC2)Cc2cc(OC)c(OC)cc2C1=O. The van der Waals surface area contributed by atoms with Gasteiger partial charge < -0.3 is 9.47 Å². The fraction of sp³-hybridized carbons (Fsp3) is 0.732. The molecule has 2 aromatic carbocycles. The molecule has 2 atom stereocenters. The van der Waals surface area contributed by atoms with Gasteiger partial charge in [0.25, 0.3) is 0 Å². The minimum absolute atomic E-state index is 0.0551. The van der Waals surface area contributed by atoms with Gasteiger partial charge in [0.05, 0.1) is 25.6 Å². The molecule has 1 saturated heterocycles. The lowest BCUT2D eigenvalue weighted by molar-refractivity contribution is -0.461. The van der Waals surface area contributed by atoms with E-state index in [1.165, 1.54) is 128 Å². The summed E-state index contributed by atoms with van der Waals surface area (Å²) < 4.78 is 11.3. The van der Waals surface area contributed by atoms with Gasteiger partial charge in [-0.1, -0.05) is 198 Å². The van der Waals surface area contributed by atoms with E-state index in [1.54, 1.807) is 20.3 Å². The summed E-state index contributed by atoms with van der Waals surface area (Å²) in [6.07, 6.45) is 33.7. The summed E-state index contributed by atoms with van der Waals surface area (Å²) in [6, 6.07) is 14.2. The van der Waals surface area contributed by atoms with Crippen molar-refractivity contribution in [2.45, 2.75) is 219 Å². The van der Waals surface area contributed by atoms with Gasteiger partial charge in [-0.05, 0) is 80.8 Å². The Kier molecular flexibility index (Phi) is 26.9. The summed E-state index contributed by atoms with van der Waals surface area (Å²) in [5.74, 6) is -0.765. The molecule has 0 N–H and O–H groups in total. The summed E-state index contributed by atoms with van der Waals surface area (Å²) in [7, 11) is 3.17. The normalized spacial score (nSPS) is 17.0. The van der Waals surface area contributed by atoms with Crippen LogP contribution in [0, 0.1) is 17.3 Å². The number of methoxy groups -OCH3 is 2. The number of nitrogens with zero attached hydrogens (tertiary/aromatic N) is 1. The average molecular weight is 904 g/mol. The maximum absolute atomic E-state index is 15.1. The second kappa shape index (κ2) is 32.3. The molecule has 366 valence electrons. The van der Waals surface area contributed by atoms with Crippen LogP contribution < -0.4 is 9.47 Å². The van der Waals surface area contributed by atoms with Crippen LogP contribution in [0.4, 0.5) is 0 Å². The highest BCUT2D eigenvalue weighted by molar-refractivity contribution is 6.07. The monoisotopic (exact) mass is 904 g/mol. The number of carbonyl (C=O) groups is 3. The van der Waals surface area contributed by atoms with Crippen LogP contribution in [0.2, 0.25) is 0 Å². The Bertz CT molecular complexity index is 1610. The minimum atomic E-state index is -1.05. The Morgan fingerprint density at radius 1 is 0.646 bits per heavy atom. The standard InChI is InChI=1S/C56H89NO8/c1-5-7-9-11-13-15-17-19-21-23-25-27-32-36-53(58)63-65-64-55(60)50(35-31-26-24-22-20-18-16-14-12-10-8-6-2)56(44-48-41-51(61-3)52(62-4)42-49(48)54(56)59)43-46-37-39-57(40-38-46)45-47-33-29-28-30-34-47/h28-30,33-34,41-42,46,50H,5-27,31-32,35-40,43-45H2,1-4H3. The van der Waals surface area contributed by atoms with Gasteiger partial charge in [-0.15, -0.1) is 0 Å². The quantitative estimate of drug-likeness (QED) is 0.0373. The van der Waals surface area contributed by atoms with Crippen molar-refractivity contribution >= 4 is 17.7 Å². The van der Waals surface area contributed by atoms with E-state index in [4.69, 9.17) is 24.3 Å². The number of rotatable bonds is 37. The predicted octanol–water partition coefficient (Wildman–Crippen LogP) is 14.9. The van der Waals surface area contributed by atoms with Gasteiger partial charge in [0.1, 0.15) is 0 Å². The van der Waals surface area contributed by atoms with Crippen molar-refractivity contribution < 1.29 is 38.7 Å². The Morgan fingerprint density at radius 3 is 1.66 bits per heavy atom. The highest BCUT2D eigenvalue weighted by Gasteiger charge is 2.55. The summed E-state index contributed by atoms with van der Waals surface area (Å²) in [5, 5.41) is 5.01. The fourth-order valence-electron chi connectivity index (χ4n) is 10.5. The van der Waals surface area contributed by atoms with Crippen molar-refractivity contribution in [2.24, 2.45) is 17.3 Å². The first-order valence-corrected chi connectivity index (χ1v) is 26.5. The van der Waals surface area contributed by atoms with Crippen molar-refractivity contribution in [3.63, 3.8) is 0 Å². The number of fused-ring (bicyclic) bond motifs is 1. The van der Waals surface area contributed by atoms with Crippen molar-refractivity contribution in [3.05, 3.63) is 59.2 Å². The summed E-state index contributed by atoms with van der Waals surface area (Å²) in [5.41, 5.74) is 1.67. The number of piperidine rings is 1. The van der Waals surface area contributed by atoms with Crippen LogP contribution >= 0.6 is 0 Å². The lowest BCUT2D eigenvalue weighted by Crippen LogP contribution is -2.45. The number of ketones is 1. The molecule has 1 heterocycles. The Labute approximate surface area is 394 Å². The van der Waals surface area contributed by atoms with E-state index >= 15 is 4.79 Å². The molecule has 1 aliphatic carbocycles. The number of benzene rings is 2. The van der Waals surface area contributed by atoms with Gasteiger partial charge in [0, 0.05) is 23.6 Å². The van der Waals surface area contributed by atoms with Gasteiger partial charge in [-0.3, -0.25) is 19.5 Å². The molecule has 65 heavy (non-hydrogen) atoms. The molecule has 2 aliphatic rings. The molecule has 2 aromatic rings. The largest absolute Gasteiger partial charge is 0.493 e. The molecule has 0 spiro atoms. The molecule has 0 saturated carbocycles. The van der Waals surface area contributed by atoms with Crippen LogP contribution in [0.5, 0.6) is 11.5 Å². The minimum Gasteiger partial charge on any atom is -0.493 e. The second-order valence-electron chi connectivity index (χ2n) is 19.6.